The van der Waals surface area contributed by atoms with E-state index in [0.717, 1.165) is 44.8 Å². The Bertz CT molecular complexity index is 774. The number of para-hydroxylation sites is 1. The summed E-state index contributed by atoms with van der Waals surface area (Å²) in [4.78, 5) is 18.7. The van der Waals surface area contributed by atoms with E-state index in [0.29, 0.717) is 6.42 Å². The standard InChI is InChI=1S/C22H27N3O/c1-23-21-10-8-18(16-19(21)9-11-22(23)26)17-24-12-5-13-25(15-14-24)20-6-3-2-4-7-20/h2-4,6-8,10,16H,5,9,11-15,17H2,1H3. The van der Waals surface area contributed by atoms with Gasteiger partial charge in [-0.3, -0.25) is 9.69 Å². The average Bonchev–Trinajstić information content (AvgIpc) is 2.91. The second-order valence-corrected chi connectivity index (χ2v) is 7.37. The first-order chi connectivity index (χ1) is 12.7. The summed E-state index contributed by atoms with van der Waals surface area (Å²) in [6.07, 6.45) is 2.69. The van der Waals surface area contributed by atoms with Gasteiger partial charge in [-0.15, -0.1) is 0 Å². The minimum atomic E-state index is 0.221. The summed E-state index contributed by atoms with van der Waals surface area (Å²) in [5, 5.41) is 0. The summed E-state index contributed by atoms with van der Waals surface area (Å²) < 4.78 is 0. The molecule has 2 heterocycles. The number of hydrogen-bond acceptors (Lipinski definition) is 3. The SMILES string of the molecule is CN1C(=O)CCc2cc(CN3CCCN(c4ccccc4)CC3)ccc21. The third kappa shape index (κ3) is 3.61. The van der Waals surface area contributed by atoms with E-state index in [9.17, 15) is 4.79 Å². The molecule has 2 aromatic carbocycles. The van der Waals surface area contributed by atoms with Gasteiger partial charge in [-0.2, -0.15) is 0 Å². The molecule has 4 nitrogen and oxygen atoms in total. The van der Waals surface area contributed by atoms with Crippen LogP contribution in [0.1, 0.15) is 24.0 Å². The number of fused-ring (bicyclic) bond motifs is 1. The van der Waals surface area contributed by atoms with Crippen LogP contribution in [-0.2, 0) is 17.8 Å². The zero-order valence-electron chi connectivity index (χ0n) is 15.5. The van der Waals surface area contributed by atoms with Gasteiger partial charge in [-0.1, -0.05) is 30.3 Å². The van der Waals surface area contributed by atoms with Crippen molar-refractivity contribution in [1.29, 1.82) is 0 Å². The van der Waals surface area contributed by atoms with E-state index in [2.05, 4.69) is 58.3 Å². The van der Waals surface area contributed by atoms with Gasteiger partial charge in [0.2, 0.25) is 5.91 Å². The molecule has 0 unspecified atom stereocenters. The predicted molar refractivity (Wildman–Crippen MR) is 107 cm³/mol. The number of carbonyl (C=O) groups is 1. The highest BCUT2D eigenvalue weighted by Crippen LogP contribution is 2.28. The van der Waals surface area contributed by atoms with Crippen molar-refractivity contribution < 1.29 is 4.79 Å². The molecule has 0 spiro atoms. The molecule has 2 aliphatic rings. The molecule has 1 fully saturated rings. The molecule has 0 saturated carbocycles. The van der Waals surface area contributed by atoms with Crippen molar-refractivity contribution in [1.82, 2.24) is 4.90 Å². The maximum Gasteiger partial charge on any atom is 0.227 e. The van der Waals surface area contributed by atoms with Gasteiger partial charge in [0.15, 0.2) is 0 Å². The predicted octanol–water partition coefficient (Wildman–Crippen LogP) is 3.31. The van der Waals surface area contributed by atoms with Crippen LogP contribution in [0.3, 0.4) is 0 Å². The molecule has 4 heteroatoms. The van der Waals surface area contributed by atoms with Crippen molar-refractivity contribution >= 4 is 17.3 Å². The number of carbonyl (C=O) groups excluding carboxylic acids is 1. The second-order valence-electron chi connectivity index (χ2n) is 7.37. The number of nitrogens with zero attached hydrogens (tertiary/aromatic N) is 3. The molecular formula is C22H27N3O. The van der Waals surface area contributed by atoms with E-state index in [4.69, 9.17) is 0 Å². The summed E-state index contributed by atoms with van der Waals surface area (Å²) in [5.41, 5.74) is 5.08. The Labute approximate surface area is 156 Å². The summed E-state index contributed by atoms with van der Waals surface area (Å²) in [6.45, 7) is 5.42. The van der Waals surface area contributed by atoms with E-state index >= 15 is 0 Å². The maximum atomic E-state index is 11.9. The fraction of sp³-hybridized carbons (Fsp3) is 0.409. The molecule has 0 N–H and O–H groups in total. The van der Waals surface area contributed by atoms with E-state index in [1.165, 1.54) is 23.2 Å². The van der Waals surface area contributed by atoms with Crippen molar-refractivity contribution in [2.24, 2.45) is 0 Å². The van der Waals surface area contributed by atoms with Crippen LogP contribution in [0.15, 0.2) is 48.5 Å². The molecule has 136 valence electrons. The molecule has 0 aromatic heterocycles. The zero-order valence-corrected chi connectivity index (χ0v) is 15.5. The van der Waals surface area contributed by atoms with Crippen molar-refractivity contribution in [3.8, 4) is 0 Å². The van der Waals surface area contributed by atoms with E-state index in [1.807, 2.05) is 7.05 Å². The number of benzene rings is 2. The number of rotatable bonds is 3. The number of hydrogen-bond donors (Lipinski definition) is 0. The van der Waals surface area contributed by atoms with Crippen LogP contribution in [0.25, 0.3) is 0 Å². The molecule has 0 aliphatic carbocycles. The van der Waals surface area contributed by atoms with Gasteiger partial charge in [0.1, 0.15) is 0 Å². The first-order valence-corrected chi connectivity index (χ1v) is 9.61. The smallest absolute Gasteiger partial charge is 0.227 e. The number of aryl methyl sites for hydroxylation is 1. The lowest BCUT2D eigenvalue weighted by Crippen LogP contribution is -2.32. The summed E-state index contributed by atoms with van der Waals surface area (Å²) in [6, 6.07) is 17.3. The van der Waals surface area contributed by atoms with Gasteiger partial charge in [0.05, 0.1) is 0 Å². The van der Waals surface area contributed by atoms with Gasteiger partial charge in [-0.25, -0.2) is 0 Å². The van der Waals surface area contributed by atoms with E-state index in [-0.39, 0.29) is 5.91 Å². The molecule has 1 saturated heterocycles. The first-order valence-electron chi connectivity index (χ1n) is 9.61. The lowest BCUT2D eigenvalue weighted by Gasteiger charge is -2.27. The number of amides is 1. The van der Waals surface area contributed by atoms with Crippen molar-refractivity contribution in [3.63, 3.8) is 0 Å². The highest BCUT2D eigenvalue weighted by atomic mass is 16.2. The van der Waals surface area contributed by atoms with Gasteiger partial charge >= 0.3 is 0 Å². The molecule has 0 atom stereocenters. The Morgan fingerprint density at radius 1 is 0.923 bits per heavy atom. The minimum Gasteiger partial charge on any atom is -0.370 e. The Morgan fingerprint density at radius 2 is 1.77 bits per heavy atom. The largest absolute Gasteiger partial charge is 0.370 e. The lowest BCUT2D eigenvalue weighted by molar-refractivity contribution is -0.118. The van der Waals surface area contributed by atoms with Gasteiger partial charge in [-0.05, 0) is 42.2 Å². The second kappa shape index (κ2) is 7.50. The van der Waals surface area contributed by atoms with Crippen LogP contribution in [-0.4, -0.2) is 44.0 Å². The molecule has 4 rings (SSSR count). The molecule has 0 bridgehead atoms. The Morgan fingerprint density at radius 3 is 2.62 bits per heavy atom. The quantitative estimate of drug-likeness (QED) is 0.851. The van der Waals surface area contributed by atoms with Crippen LogP contribution < -0.4 is 9.80 Å². The van der Waals surface area contributed by atoms with E-state index < -0.39 is 0 Å². The fourth-order valence-corrected chi connectivity index (χ4v) is 4.09. The van der Waals surface area contributed by atoms with Crippen LogP contribution in [0.2, 0.25) is 0 Å². The van der Waals surface area contributed by atoms with Crippen molar-refractivity contribution in [2.75, 3.05) is 43.0 Å². The van der Waals surface area contributed by atoms with Gasteiger partial charge < -0.3 is 9.80 Å². The fourth-order valence-electron chi connectivity index (χ4n) is 4.09. The first kappa shape index (κ1) is 17.1. The highest BCUT2D eigenvalue weighted by Gasteiger charge is 2.21. The molecular weight excluding hydrogens is 322 g/mol. The maximum absolute atomic E-state index is 11.9. The summed E-state index contributed by atoms with van der Waals surface area (Å²) in [5.74, 6) is 0.221. The van der Waals surface area contributed by atoms with Crippen LogP contribution in [0, 0.1) is 0 Å². The summed E-state index contributed by atoms with van der Waals surface area (Å²) >= 11 is 0. The Balaban J connectivity index is 1.41. The molecule has 2 aliphatic heterocycles. The lowest BCUT2D eigenvalue weighted by atomic mass is 9.99. The van der Waals surface area contributed by atoms with Crippen LogP contribution in [0.5, 0.6) is 0 Å². The molecule has 2 aromatic rings. The normalized spacial score (nSPS) is 18.6. The topological polar surface area (TPSA) is 26.8 Å². The third-order valence-corrected chi connectivity index (χ3v) is 5.60. The average molecular weight is 349 g/mol. The monoisotopic (exact) mass is 349 g/mol. The molecule has 1 amide bonds. The Hall–Kier alpha value is -2.33. The zero-order chi connectivity index (χ0) is 17.9. The summed E-state index contributed by atoms with van der Waals surface area (Å²) in [7, 11) is 1.88. The molecule has 0 radical (unpaired) electrons. The van der Waals surface area contributed by atoms with Crippen molar-refractivity contribution in [3.05, 3.63) is 59.7 Å². The Kier molecular flexibility index (Phi) is 4.93. The van der Waals surface area contributed by atoms with Crippen LogP contribution >= 0.6 is 0 Å². The van der Waals surface area contributed by atoms with Crippen molar-refractivity contribution in [2.45, 2.75) is 25.8 Å². The van der Waals surface area contributed by atoms with Gasteiger partial charge in [0, 0.05) is 57.6 Å². The van der Waals surface area contributed by atoms with Crippen LogP contribution in [0.4, 0.5) is 11.4 Å². The third-order valence-electron chi connectivity index (χ3n) is 5.60. The minimum absolute atomic E-state index is 0.221. The van der Waals surface area contributed by atoms with E-state index in [1.54, 1.807) is 4.90 Å². The number of anilines is 2. The molecule has 26 heavy (non-hydrogen) atoms. The highest BCUT2D eigenvalue weighted by molar-refractivity contribution is 5.95. The van der Waals surface area contributed by atoms with Gasteiger partial charge in [0.25, 0.3) is 0 Å².